The Morgan fingerprint density at radius 1 is 1.25 bits per heavy atom. The molecule has 1 aromatic heterocycles. The summed E-state index contributed by atoms with van der Waals surface area (Å²) in [5.74, 6) is 1.75. The molecule has 4 heterocycles. The van der Waals surface area contributed by atoms with E-state index in [0.29, 0.717) is 17.7 Å². The van der Waals surface area contributed by atoms with E-state index in [2.05, 4.69) is 13.6 Å². The van der Waals surface area contributed by atoms with E-state index in [0.717, 1.165) is 18.3 Å². The highest BCUT2D eigenvalue weighted by Gasteiger charge is 2.36. The van der Waals surface area contributed by atoms with E-state index < -0.39 is 0 Å². The van der Waals surface area contributed by atoms with Crippen molar-refractivity contribution in [1.82, 2.24) is 13.6 Å². The number of aromatic nitrogens is 2. The van der Waals surface area contributed by atoms with Crippen LogP contribution in [0.1, 0.15) is 12.8 Å². The second-order valence-electron chi connectivity index (χ2n) is 4.37. The maximum absolute atomic E-state index is 5.92. The zero-order valence-electron chi connectivity index (χ0n) is 9.26. The van der Waals surface area contributed by atoms with Crippen LogP contribution >= 0.6 is 11.7 Å². The summed E-state index contributed by atoms with van der Waals surface area (Å²) in [4.78, 5) is 2.46. The first-order valence-corrected chi connectivity index (χ1v) is 6.35. The molecule has 3 aliphatic rings. The number of piperidine rings is 3. The van der Waals surface area contributed by atoms with E-state index >= 15 is 0 Å². The standard InChI is InChI=1S/C10H15N3O2S/c1-14-9-10(12-16-11-9)15-8-6-13-4-2-7(8)3-5-13/h7-8H,2-6H2,1H3/t8-/m1/s1. The predicted octanol–water partition coefficient (Wildman–Crippen LogP) is 1.02. The van der Waals surface area contributed by atoms with E-state index in [1.54, 1.807) is 7.11 Å². The van der Waals surface area contributed by atoms with Gasteiger partial charge in [0.2, 0.25) is 0 Å². The number of hydrogen-bond donors (Lipinski definition) is 0. The van der Waals surface area contributed by atoms with Gasteiger partial charge >= 0.3 is 0 Å². The molecule has 2 bridgehead atoms. The monoisotopic (exact) mass is 241 g/mol. The minimum atomic E-state index is 0.264. The molecule has 1 atom stereocenters. The van der Waals surface area contributed by atoms with Crippen LogP contribution in [0.3, 0.4) is 0 Å². The summed E-state index contributed by atoms with van der Waals surface area (Å²) in [5.41, 5.74) is 0. The van der Waals surface area contributed by atoms with Gasteiger partial charge < -0.3 is 9.47 Å². The summed E-state index contributed by atoms with van der Waals surface area (Å²) in [7, 11) is 1.60. The average Bonchev–Trinajstić information content (AvgIpc) is 2.78. The third-order valence-corrected chi connectivity index (χ3v) is 3.98. The largest absolute Gasteiger partial charge is 0.477 e. The highest BCUT2D eigenvalue weighted by atomic mass is 32.1. The van der Waals surface area contributed by atoms with E-state index in [9.17, 15) is 0 Å². The topological polar surface area (TPSA) is 47.5 Å². The van der Waals surface area contributed by atoms with Crippen LogP contribution in [0.15, 0.2) is 0 Å². The van der Waals surface area contributed by atoms with Gasteiger partial charge in [-0.05, 0) is 31.8 Å². The maximum Gasteiger partial charge on any atom is 0.291 e. The minimum Gasteiger partial charge on any atom is -0.477 e. The van der Waals surface area contributed by atoms with Gasteiger partial charge in [-0.2, -0.15) is 0 Å². The SMILES string of the molecule is COc1nsnc1O[C@@H]1CN2CCC1CC2. The van der Waals surface area contributed by atoms with Crippen molar-refractivity contribution in [2.75, 3.05) is 26.7 Å². The van der Waals surface area contributed by atoms with Gasteiger partial charge in [-0.15, -0.1) is 8.75 Å². The van der Waals surface area contributed by atoms with E-state index in [-0.39, 0.29) is 6.10 Å². The van der Waals surface area contributed by atoms with Gasteiger partial charge in [0.05, 0.1) is 18.8 Å². The predicted molar refractivity (Wildman–Crippen MR) is 60.0 cm³/mol. The molecular weight excluding hydrogens is 226 g/mol. The van der Waals surface area contributed by atoms with Gasteiger partial charge in [-0.3, -0.25) is 4.90 Å². The fourth-order valence-electron chi connectivity index (χ4n) is 2.56. The average molecular weight is 241 g/mol. The highest BCUT2D eigenvalue weighted by Crippen LogP contribution is 2.32. The van der Waals surface area contributed by atoms with Crippen molar-refractivity contribution in [3.63, 3.8) is 0 Å². The van der Waals surface area contributed by atoms with Crippen molar-refractivity contribution < 1.29 is 9.47 Å². The molecule has 0 aromatic carbocycles. The second-order valence-corrected chi connectivity index (χ2v) is 4.90. The zero-order valence-corrected chi connectivity index (χ0v) is 10.1. The third kappa shape index (κ3) is 1.76. The molecule has 0 spiro atoms. The summed E-state index contributed by atoms with van der Waals surface area (Å²) in [6.07, 6.45) is 2.75. The quantitative estimate of drug-likeness (QED) is 0.790. The van der Waals surface area contributed by atoms with Crippen LogP contribution in [-0.2, 0) is 0 Å². The number of fused-ring (bicyclic) bond motifs is 3. The van der Waals surface area contributed by atoms with Crippen molar-refractivity contribution in [2.45, 2.75) is 18.9 Å². The van der Waals surface area contributed by atoms with Gasteiger partial charge in [-0.25, -0.2) is 0 Å². The Kier molecular flexibility index (Phi) is 2.69. The summed E-state index contributed by atoms with van der Waals surface area (Å²) in [5, 5.41) is 0. The second kappa shape index (κ2) is 4.18. The number of nitrogens with zero attached hydrogens (tertiary/aromatic N) is 3. The number of rotatable bonds is 3. The molecule has 0 radical (unpaired) electrons. The van der Waals surface area contributed by atoms with E-state index in [1.165, 1.54) is 25.9 Å². The Bertz CT molecular complexity index is 363. The molecule has 0 unspecified atom stereocenters. The molecule has 3 saturated heterocycles. The first-order chi connectivity index (χ1) is 7.86. The van der Waals surface area contributed by atoms with Crippen molar-refractivity contribution in [1.29, 1.82) is 0 Å². The Hall–Kier alpha value is -0.880. The number of ether oxygens (including phenoxy) is 2. The fourth-order valence-corrected chi connectivity index (χ4v) is 3.02. The van der Waals surface area contributed by atoms with Crippen LogP contribution in [0.5, 0.6) is 11.8 Å². The Balaban J connectivity index is 1.71. The molecule has 16 heavy (non-hydrogen) atoms. The maximum atomic E-state index is 5.92. The number of methoxy groups -OCH3 is 1. The van der Waals surface area contributed by atoms with Crippen LogP contribution in [0.4, 0.5) is 0 Å². The smallest absolute Gasteiger partial charge is 0.291 e. The Morgan fingerprint density at radius 3 is 2.62 bits per heavy atom. The lowest BCUT2D eigenvalue weighted by atomic mass is 9.86. The van der Waals surface area contributed by atoms with Gasteiger partial charge in [0.15, 0.2) is 0 Å². The lowest BCUT2D eigenvalue weighted by Gasteiger charge is -2.43. The van der Waals surface area contributed by atoms with Crippen molar-refractivity contribution in [3.8, 4) is 11.8 Å². The molecule has 0 saturated carbocycles. The molecule has 3 aliphatic heterocycles. The summed E-state index contributed by atoms with van der Waals surface area (Å²) in [6, 6.07) is 0. The molecule has 0 amide bonds. The molecular formula is C10H15N3O2S. The lowest BCUT2D eigenvalue weighted by molar-refractivity contribution is -0.0107. The van der Waals surface area contributed by atoms with Gasteiger partial charge in [0.1, 0.15) is 6.10 Å². The molecule has 0 N–H and O–H groups in total. The summed E-state index contributed by atoms with van der Waals surface area (Å²) in [6.45, 7) is 3.46. The number of hydrogen-bond acceptors (Lipinski definition) is 6. The van der Waals surface area contributed by atoms with Crippen molar-refractivity contribution >= 4 is 11.7 Å². The van der Waals surface area contributed by atoms with Gasteiger partial charge in [0.25, 0.3) is 11.8 Å². The van der Waals surface area contributed by atoms with Crippen molar-refractivity contribution in [2.24, 2.45) is 5.92 Å². The fraction of sp³-hybridized carbons (Fsp3) is 0.800. The molecule has 3 fully saturated rings. The molecule has 5 nitrogen and oxygen atoms in total. The molecule has 0 aliphatic carbocycles. The Morgan fingerprint density at radius 2 is 2.00 bits per heavy atom. The van der Waals surface area contributed by atoms with Crippen LogP contribution in [0, 0.1) is 5.92 Å². The summed E-state index contributed by atoms with van der Waals surface area (Å²) >= 11 is 1.14. The first kappa shape index (κ1) is 10.3. The van der Waals surface area contributed by atoms with Gasteiger partial charge in [0, 0.05) is 6.54 Å². The van der Waals surface area contributed by atoms with Crippen LogP contribution in [0.2, 0.25) is 0 Å². The van der Waals surface area contributed by atoms with E-state index in [1.807, 2.05) is 0 Å². The Labute approximate surface area is 98.7 Å². The molecule has 1 aromatic rings. The van der Waals surface area contributed by atoms with Crippen molar-refractivity contribution in [3.05, 3.63) is 0 Å². The first-order valence-electron chi connectivity index (χ1n) is 5.62. The minimum absolute atomic E-state index is 0.264. The highest BCUT2D eigenvalue weighted by molar-refractivity contribution is 6.99. The lowest BCUT2D eigenvalue weighted by Crippen LogP contribution is -2.52. The normalized spacial score (nSPS) is 32.7. The van der Waals surface area contributed by atoms with E-state index in [4.69, 9.17) is 9.47 Å². The molecule has 4 rings (SSSR count). The third-order valence-electron chi connectivity index (χ3n) is 3.48. The van der Waals surface area contributed by atoms with Crippen LogP contribution < -0.4 is 9.47 Å². The van der Waals surface area contributed by atoms with Crippen LogP contribution in [0.25, 0.3) is 0 Å². The van der Waals surface area contributed by atoms with Gasteiger partial charge in [-0.1, -0.05) is 0 Å². The van der Waals surface area contributed by atoms with Crippen LogP contribution in [-0.4, -0.2) is 46.5 Å². The zero-order chi connectivity index (χ0) is 11.0. The molecule has 88 valence electrons. The summed E-state index contributed by atoms with van der Waals surface area (Å²) < 4.78 is 19.2. The molecule has 6 heteroatoms.